The van der Waals surface area contributed by atoms with Gasteiger partial charge in [0.1, 0.15) is 17.3 Å². The van der Waals surface area contributed by atoms with Crippen molar-refractivity contribution in [1.82, 2.24) is 0 Å². The molecule has 0 atom stereocenters. The van der Waals surface area contributed by atoms with Gasteiger partial charge >= 0.3 is 0 Å². The SMILES string of the molecule is NC(=S)COc1ccc(Br)cc1Cl. The van der Waals surface area contributed by atoms with Crippen molar-refractivity contribution in [1.29, 1.82) is 0 Å². The van der Waals surface area contributed by atoms with E-state index in [1.54, 1.807) is 12.1 Å². The molecule has 1 aromatic carbocycles. The minimum Gasteiger partial charge on any atom is -0.485 e. The van der Waals surface area contributed by atoms with Gasteiger partial charge in [-0.25, -0.2) is 0 Å². The second kappa shape index (κ2) is 4.79. The fraction of sp³-hybridized carbons (Fsp3) is 0.125. The van der Waals surface area contributed by atoms with E-state index in [0.717, 1.165) is 4.47 Å². The molecule has 13 heavy (non-hydrogen) atoms. The van der Waals surface area contributed by atoms with Gasteiger partial charge < -0.3 is 10.5 Å². The second-order valence-electron chi connectivity index (χ2n) is 2.33. The van der Waals surface area contributed by atoms with Gasteiger partial charge in [-0.1, -0.05) is 39.7 Å². The number of halogens is 2. The van der Waals surface area contributed by atoms with Crippen molar-refractivity contribution in [3.63, 3.8) is 0 Å². The van der Waals surface area contributed by atoms with Crippen LogP contribution in [0.3, 0.4) is 0 Å². The molecule has 0 aliphatic carbocycles. The van der Waals surface area contributed by atoms with Crippen LogP contribution in [0.2, 0.25) is 5.02 Å². The number of benzene rings is 1. The van der Waals surface area contributed by atoms with Crippen LogP contribution in [0.5, 0.6) is 5.75 Å². The topological polar surface area (TPSA) is 35.2 Å². The van der Waals surface area contributed by atoms with Crippen LogP contribution in [-0.4, -0.2) is 11.6 Å². The van der Waals surface area contributed by atoms with Gasteiger partial charge in [0.2, 0.25) is 0 Å². The minimum absolute atomic E-state index is 0.205. The van der Waals surface area contributed by atoms with Gasteiger partial charge in [0, 0.05) is 4.47 Å². The van der Waals surface area contributed by atoms with Gasteiger partial charge in [0.25, 0.3) is 0 Å². The molecule has 0 radical (unpaired) electrons. The van der Waals surface area contributed by atoms with Crippen LogP contribution in [-0.2, 0) is 0 Å². The predicted octanol–water partition coefficient (Wildman–Crippen LogP) is 2.77. The zero-order valence-corrected chi connectivity index (χ0v) is 9.75. The van der Waals surface area contributed by atoms with E-state index in [1.165, 1.54) is 0 Å². The Morgan fingerprint density at radius 2 is 2.31 bits per heavy atom. The second-order valence-corrected chi connectivity index (χ2v) is 4.18. The van der Waals surface area contributed by atoms with Crippen molar-refractivity contribution in [3.8, 4) is 5.75 Å². The summed E-state index contributed by atoms with van der Waals surface area (Å²) in [5.41, 5.74) is 5.27. The van der Waals surface area contributed by atoms with Crippen molar-refractivity contribution in [2.24, 2.45) is 5.73 Å². The van der Waals surface area contributed by atoms with Gasteiger partial charge in [-0.05, 0) is 18.2 Å². The van der Waals surface area contributed by atoms with Crippen LogP contribution < -0.4 is 10.5 Å². The average Bonchev–Trinajstić information content (AvgIpc) is 2.02. The largest absolute Gasteiger partial charge is 0.485 e. The summed E-state index contributed by atoms with van der Waals surface area (Å²) in [5, 5.41) is 0.533. The maximum Gasteiger partial charge on any atom is 0.138 e. The molecular formula is C8H7BrClNOS. The highest BCUT2D eigenvalue weighted by Crippen LogP contribution is 2.27. The van der Waals surface area contributed by atoms with Gasteiger partial charge in [0.15, 0.2) is 0 Å². The third-order valence-corrected chi connectivity index (χ3v) is 2.17. The Labute approximate surface area is 95.1 Å². The third-order valence-electron chi connectivity index (χ3n) is 1.26. The number of rotatable bonds is 3. The van der Waals surface area contributed by atoms with Crippen molar-refractivity contribution in [2.75, 3.05) is 6.61 Å². The van der Waals surface area contributed by atoms with E-state index in [-0.39, 0.29) is 6.61 Å². The number of thiocarbonyl (C=S) groups is 1. The van der Waals surface area contributed by atoms with Crippen LogP contribution in [0.1, 0.15) is 0 Å². The Kier molecular flexibility index (Phi) is 3.96. The maximum absolute atomic E-state index is 5.87. The number of hydrogen-bond acceptors (Lipinski definition) is 2. The molecule has 1 aromatic rings. The fourth-order valence-electron chi connectivity index (χ4n) is 0.741. The number of ether oxygens (including phenoxy) is 1. The lowest BCUT2D eigenvalue weighted by Gasteiger charge is -2.06. The molecular weight excluding hydrogens is 274 g/mol. The van der Waals surface area contributed by atoms with E-state index in [9.17, 15) is 0 Å². The Hall–Kier alpha value is -0.320. The number of nitrogens with two attached hydrogens (primary N) is 1. The van der Waals surface area contributed by atoms with Crippen molar-refractivity contribution in [3.05, 3.63) is 27.7 Å². The highest BCUT2D eigenvalue weighted by atomic mass is 79.9. The Bertz CT molecular complexity index is 332. The minimum atomic E-state index is 0.205. The summed E-state index contributed by atoms with van der Waals surface area (Å²) in [4.78, 5) is 0.305. The lowest BCUT2D eigenvalue weighted by Crippen LogP contribution is -2.17. The van der Waals surface area contributed by atoms with E-state index < -0.39 is 0 Å². The number of hydrogen-bond donors (Lipinski definition) is 1. The van der Waals surface area contributed by atoms with Gasteiger partial charge in [-0.3, -0.25) is 0 Å². The molecule has 1 rings (SSSR count). The molecule has 5 heteroatoms. The Morgan fingerprint density at radius 1 is 1.62 bits per heavy atom. The van der Waals surface area contributed by atoms with E-state index in [4.69, 9.17) is 22.1 Å². The summed E-state index contributed by atoms with van der Waals surface area (Å²) in [6, 6.07) is 5.34. The summed E-state index contributed by atoms with van der Waals surface area (Å²) in [7, 11) is 0. The monoisotopic (exact) mass is 279 g/mol. The fourth-order valence-corrected chi connectivity index (χ4v) is 1.53. The lowest BCUT2D eigenvalue weighted by molar-refractivity contribution is 0.378. The summed E-state index contributed by atoms with van der Waals surface area (Å²) >= 11 is 13.8. The zero-order chi connectivity index (χ0) is 9.84. The summed E-state index contributed by atoms with van der Waals surface area (Å²) in [5.74, 6) is 0.581. The van der Waals surface area contributed by atoms with Gasteiger partial charge in [-0.15, -0.1) is 0 Å². The normalized spacial score (nSPS) is 9.69. The lowest BCUT2D eigenvalue weighted by atomic mass is 10.3. The quantitative estimate of drug-likeness (QED) is 0.865. The smallest absolute Gasteiger partial charge is 0.138 e. The summed E-state index contributed by atoms with van der Waals surface area (Å²) in [6.07, 6.45) is 0. The van der Waals surface area contributed by atoms with Crippen molar-refractivity contribution in [2.45, 2.75) is 0 Å². The molecule has 70 valence electrons. The van der Waals surface area contributed by atoms with Crippen LogP contribution >= 0.6 is 39.7 Å². The molecule has 0 saturated heterocycles. The van der Waals surface area contributed by atoms with Crippen LogP contribution in [0, 0.1) is 0 Å². The van der Waals surface area contributed by atoms with Crippen molar-refractivity contribution < 1.29 is 4.74 Å². The Morgan fingerprint density at radius 3 is 2.85 bits per heavy atom. The van der Waals surface area contributed by atoms with Crippen LogP contribution in [0.25, 0.3) is 0 Å². The first kappa shape index (κ1) is 10.8. The average molecular weight is 281 g/mol. The first-order chi connectivity index (χ1) is 6.09. The molecule has 0 fully saturated rings. The highest BCUT2D eigenvalue weighted by molar-refractivity contribution is 9.10. The van der Waals surface area contributed by atoms with E-state index in [2.05, 4.69) is 28.1 Å². The summed E-state index contributed by atoms with van der Waals surface area (Å²) in [6.45, 7) is 0.205. The third kappa shape index (κ3) is 3.50. The van der Waals surface area contributed by atoms with Crippen LogP contribution in [0.15, 0.2) is 22.7 Å². The predicted molar refractivity (Wildman–Crippen MR) is 61.4 cm³/mol. The molecule has 0 saturated carbocycles. The molecule has 2 nitrogen and oxygen atoms in total. The molecule has 0 aliphatic rings. The molecule has 0 bridgehead atoms. The van der Waals surface area contributed by atoms with E-state index in [0.29, 0.717) is 15.8 Å². The first-order valence-electron chi connectivity index (χ1n) is 3.46. The van der Waals surface area contributed by atoms with Crippen molar-refractivity contribution >= 4 is 44.7 Å². The standard InChI is InChI=1S/C8H7BrClNOS/c9-5-1-2-7(6(10)3-5)12-4-8(11)13/h1-3H,4H2,(H2,11,13). The molecule has 0 aromatic heterocycles. The molecule has 0 amide bonds. The molecule has 0 heterocycles. The van der Waals surface area contributed by atoms with E-state index >= 15 is 0 Å². The zero-order valence-electron chi connectivity index (χ0n) is 6.59. The van der Waals surface area contributed by atoms with Crippen LogP contribution in [0.4, 0.5) is 0 Å². The molecule has 0 aliphatic heterocycles. The van der Waals surface area contributed by atoms with E-state index in [1.807, 2.05) is 6.07 Å². The first-order valence-corrected chi connectivity index (χ1v) is 5.03. The Balaban J connectivity index is 2.72. The van der Waals surface area contributed by atoms with Gasteiger partial charge in [-0.2, -0.15) is 0 Å². The summed E-state index contributed by atoms with van der Waals surface area (Å²) < 4.78 is 6.14. The maximum atomic E-state index is 5.87. The highest BCUT2D eigenvalue weighted by Gasteiger charge is 2.01. The molecule has 0 unspecified atom stereocenters. The molecule has 2 N–H and O–H groups in total. The molecule has 0 spiro atoms. The van der Waals surface area contributed by atoms with Gasteiger partial charge in [0.05, 0.1) is 5.02 Å².